The van der Waals surface area contributed by atoms with Crippen LogP contribution >= 0.6 is 0 Å². The van der Waals surface area contributed by atoms with Crippen LogP contribution in [0.15, 0.2) is 23.0 Å². The molecule has 1 aromatic rings. The molecule has 1 saturated heterocycles. The number of rotatable bonds is 4. The molecule has 0 amide bonds. The second-order valence-electron chi connectivity index (χ2n) is 3.87. The molecule has 1 aliphatic rings. The Balaban J connectivity index is 1.65. The molecule has 1 fully saturated rings. The van der Waals surface area contributed by atoms with E-state index in [1.807, 2.05) is 6.07 Å². The molecule has 84 valence electrons. The zero-order valence-electron chi connectivity index (χ0n) is 8.94. The van der Waals surface area contributed by atoms with Gasteiger partial charge in [-0.15, -0.1) is 0 Å². The van der Waals surface area contributed by atoms with Crippen molar-refractivity contribution < 1.29 is 13.9 Å². The maximum absolute atomic E-state index is 5.69. The highest BCUT2D eigenvalue weighted by atomic mass is 16.5. The van der Waals surface area contributed by atoms with E-state index >= 15 is 0 Å². The van der Waals surface area contributed by atoms with Crippen LogP contribution in [-0.2, 0) is 16.1 Å². The first kappa shape index (κ1) is 10.7. The molecule has 2 unspecified atom stereocenters. The molecule has 0 aliphatic carbocycles. The maximum Gasteiger partial charge on any atom is 0.0957 e. The summed E-state index contributed by atoms with van der Waals surface area (Å²) in [4.78, 5) is 0. The van der Waals surface area contributed by atoms with Crippen LogP contribution in [0, 0.1) is 0 Å². The average Bonchev–Trinajstić information content (AvgIpc) is 2.71. The highest BCUT2D eigenvalue weighted by Crippen LogP contribution is 2.06. The fourth-order valence-electron chi connectivity index (χ4n) is 1.65. The predicted octanol–water partition coefficient (Wildman–Crippen LogP) is 1.17. The molecule has 0 saturated carbocycles. The molecule has 0 radical (unpaired) electrons. The molecular weight excluding hydrogens is 194 g/mol. The molecule has 4 nitrogen and oxygen atoms in total. The minimum atomic E-state index is 0.167. The second kappa shape index (κ2) is 5.30. The number of morpholine rings is 1. The lowest BCUT2D eigenvalue weighted by Gasteiger charge is -2.28. The third kappa shape index (κ3) is 3.34. The van der Waals surface area contributed by atoms with Crippen molar-refractivity contribution in [2.24, 2.45) is 0 Å². The Morgan fingerprint density at radius 1 is 1.53 bits per heavy atom. The number of hydrogen-bond acceptors (Lipinski definition) is 4. The summed E-state index contributed by atoms with van der Waals surface area (Å²) in [5, 5.41) is 3.30. The zero-order chi connectivity index (χ0) is 10.5. The van der Waals surface area contributed by atoms with Crippen molar-refractivity contribution in [3.05, 3.63) is 24.2 Å². The lowest BCUT2D eigenvalue weighted by Crippen LogP contribution is -2.45. The van der Waals surface area contributed by atoms with Crippen molar-refractivity contribution in [2.75, 3.05) is 19.7 Å². The fraction of sp³-hybridized carbons (Fsp3) is 0.636. The molecule has 2 atom stereocenters. The van der Waals surface area contributed by atoms with Crippen LogP contribution < -0.4 is 5.32 Å². The highest BCUT2D eigenvalue weighted by Gasteiger charge is 2.18. The van der Waals surface area contributed by atoms with Gasteiger partial charge in [-0.3, -0.25) is 0 Å². The van der Waals surface area contributed by atoms with Crippen LogP contribution in [0.5, 0.6) is 0 Å². The molecule has 1 N–H and O–H groups in total. The van der Waals surface area contributed by atoms with E-state index in [4.69, 9.17) is 13.9 Å². The lowest BCUT2D eigenvalue weighted by atomic mass is 10.2. The Labute approximate surface area is 89.6 Å². The molecule has 2 rings (SSSR count). The summed E-state index contributed by atoms with van der Waals surface area (Å²) in [7, 11) is 0. The van der Waals surface area contributed by atoms with Gasteiger partial charge in [0.05, 0.1) is 37.9 Å². The summed E-state index contributed by atoms with van der Waals surface area (Å²) in [6.07, 6.45) is 3.80. The van der Waals surface area contributed by atoms with E-state index in [2.05, 4.69) is 12.2 Å². The summed E-state index contributed by atoms with van der Waals surface area (Å²) in [5.74, 6) is 0. The average molecular weight is 211 g/mol. The van der Waals surface area contributed by atoms with Gasteiger partial charge in [0.1, 0.15) is 0 Å². The molecule has 15 heavy (non-hydrogen) atoms. The van der Waals surface area contributed by atoms with Gasteiger partial charge in [-0.1, -0.05) is 0 Å². The Bertz CT molecular complexity index is 273. The Kier molecular flexibility index (Phi) is 3.77. The van der Waals surface area contributed by atoms with Gasteiger partial charge in [0.15, 0.2) is 0 Å². The largest absolute Gasteiger partial charge is 0.472 e. The molecule has 2 heterocycles. The predicted molar refractivity (Wildman–Crippen MR) is 55.6 cm³/mol. The monoisotopic (exact) mass is 211 g/mol. The molecule has 4 heteroatoms. The van der Waals surface area contributed by atoms with E-state index in [-0.39, 0.29) is 12.2 Å². The van der Waals surface area contributed by atoms with Gasteiger partial charge in [0.25, 0.3) is 0 Å². The molecule has 1 aromatic heterocycles. The summed E-state index contributed by atoms with van der Waals surface area (Å²) in [5.41, 5.74) is 1.06. The van der Waals surface area contributed by atoms with Crippen molar-refractivity contribution in [3.8, 4) is 0 Å². The van der Waals surface area contributed by atoms with Gasteiger partial charge in [0.2, 0.25) is 0 Å². The quantitative estimate of drug-likeness (QED) is 0.812. The summed E-state index contributed by atoms with van der Waals surface area (Å²) in [6.45, 7) is 5.08. The minimum absolute atomic E-state index is 0.167. The van der Waals surface area contributed by atoms with E-state index in [0.29, 0.717) is 13.2 Å². The van der Waals surface area contributed by atoms with Crippen LogP contribution in [0.25, 0.3) is 0 Å². The van der Waals surface area contributed by atoms with Crippen LogP contribution in [0.3, 0.4) is 0 Å². The normalized spacial score (nSPS) is 26.7. The molecule has 0 aromatic carbocycles. The summed E-state index contributed by atoms with van der Waals surface area (Å²) in [6, 6.07) is 1.91. The molecule has 0 spiro atoms. The van der Waals surface area contributed by atoms with Crippen LogP contribution in [-0.4, -0.2) is 31.9 Å². The third-order valence-corrected chi connectivity index (χ3v) is 2.38. The van der Waals surface area contributed by atoms with Gasteiger partial charge >= 0.3 is 0 Å². The number of hydrogen-bond donors (Lipinski definition) is 1. The van der Waals surface area contributed by atoms with E-state index in [1.54, 1.807) is 12.5 Å². The van der Waals surface area contributed by atoms with Gasteiger partial charge in [-0.05, 0) is 13.0 Å². The van der Waals surface area contributed by atoms with Crippen LogP contribution in [0.4, 0.5) is 0 Å². The van der Waals surface area contributed by atoms with Crippen molar-refractivity contribution in [3.63, 3.8) is 0 Å². The second-order valence-corrected chi connectivity index (χ2v) is 3.87. The van der Waals surface area contributed by atoms with E-state index < -0.39 is 0 Å². The SMILES string of the molecule is CC1CNCC(COCc2ccoc2)O1. The Morgan fingerprint density at radius 2 is 2.47 bits per heavy atom. The van der Waals surface area contributed by atoms with Crippen molar-refractivity contribution in [2.45, 2.75) is 25.7 Å². The Hall–Kier alpha value is -0.840. The lowest BCUT2D eigenvalue weighted by molar-refractivity contribution is -0.0716. The van der Waals surface area contributed by atoms with E-state index in [1.165, 1.54) is 0 Å². The highest BCUT2D eigenvalue weighted by molar-refractivity contribution is 5.03. The molecule has 0 bridgehead atoms. The van der Waals surface area contributed by atoms with Crippen molar-refractivity contribution >= 4 is 0 Å². The zero-order valence-corrected chi connectivity index (χ0v) is 8.94. The Morgan fingerprint density at radius 3 is 3.20 bits per heavy atom. The van der Waals surface area contributed by atoms with Gasteiger partial charge < -0.3 is 19.2 Å². The molecular formula is C11H17NO3. The summed E-state index contributed by atoms with van der Waals surface area (Å²) < 4.78 is 16.2. The van der Waals surface area contributed by atoms with Gasteiger partial charge in [0, 0.05) is 18.7 Å². The standard InChI is InChI=1S/C11H17NO3/c1-9-4-12-5-11(15-9)8-14-7-10-2-3-13-6-10/h2-3,6,9,11-12H,4-5,7-8H2,1H3. The van der Waals surface area contributed by atoms with Crippen LogP contribution in [0.1, 0.15) is 12.5 Å². The van der Waals surface area contributed by atoms with Crippen molar-refractivity contribution in [1.29, 1.82) is 0 Å². The van der Waals surface area contributed by atoms with Crippen LogP contribution in [0.2, 0.25) is 0 Å². The first-order chi connectivity index (χ1) is 7.34. The number of furan rings is 1. The van der Waals surface area contributed by atoms with E-state index in [9.17, 15) is 0 Å². The minimum Gasteiger partial charge on any atom is -0.472 e. The number of ether oxygens (including phenoxy) is 2. The first-order valence-electron chi connectivity index (χ1n) is 5.29. The van der Waals surface area contributed by atoms with Gasteiger partial charge in [-0.2, -0.15) is 0 Å². The summed E-state index contributed by atoms with van der Waals surface area (Å²) >= 11 is 0. The fourth-order valence-corrected chi connectivity index (χ4v) is 1.65. The van der Waals surface area contributed by atoms with Crippen molar-refractivity contribution in [1.82, 2.24) is 5.32 Å². The maximum atomic E-state index is 5.69. The first-order valence-corrected chi connectivity index (χ1v) is 5.29. The van der Waals surface area contributed by atoms with Gasteiger partial charge in [-0.25, -0.2) is 0 Å². The molecule has 1 aliphatic heterocycles. The smallest absolute Gasteiger partial charge is 0.0957 e. The third-order valence-electron chi connectivity index (χ3n) is 2.38. The van der Waals surface area contributed by atoms with E-state index in [0.717, 1.165) is 18.7 Å². The number of nitrogens with one attached hydrogen (secondary N) is 1. The topological polar surface area (TPSA) is 43.6 Å².